The first-order chi connectivity index (χ1) is 11.3. The zero-order valence-corrected chi connectivity index (χ0v) is 15.3. The standard InChI is InChI=1S/C19H22N2O2S/c1-5-23-14-8-6-13(7-9-14)10-17(22)21-18-15(11-20)16(12-24-18)19(2,3)4/h6-9,12H,5,10H2,1-4H3,(H,21,22). The highest BCUT2D eigenvalue weighted by Gasteiger charge is 2.23. The summed E-state index contributed by atoms with van der Waals surface area (Å²) in [5.41, 5.74) is 2.31. The fourth-order valence-electron chi connectivity index (χ4n) is 2.34. The average Bonchev–Trinajstić information content (AvgIpc) is 2.92. The van der Waals surface area contributed by atoms with Crippen LogP contribution in [0.4, 0.5) is 5.00 Å². The topological polar surface area (TPSA) is 62.1 Å². The number of nitriles is 1. The van der Waals surface area contributed by atoms with Crippen molar-refractivity contribution in [3.63, 3.8) is 0 Å². The number of benzene rings is 1. The van der Waals surface area contributed by atoms with E-state index in [0.29, 0.717) is 17.2 Å². The summed E-state index contributed by atoms with van der Waals surface area (Å²) in [6, 6.07) is 9.69. The minimum atomic E-state index is -0.127. The van der Waals surface area contributed by atoms with E-state index in [-0.39, 0.29) is 17.7 Å². The van der Waals surface area contributed by atoms with Gasteiger partial charge >= 0.3 is 0 Å². The third-order valence-corrected chi connectivity index (χ3v) is 4.46. The van der Waals surface area contributed by atoms with Crippen molar-refractivity contribution in [3.05, 3.63) is 46.3 Å². The fraction of sp³-hybridized carbons (Fsp3) is 0.368. The SMILES string of the molecule is CCOc1ccc(CC(=O)Nc2scc(C(C)(C)C)c2C#N)cc1. The molecule has 0 unspecified atom stereocenters. The minimum absolute atomic E-state index is 0.125. The molecule has 0 spiro atoms. The highest BCUT2D eigenvalue weighted by Crippen LogP contribution is 2.35. The zero-order chi connectivity index (χ0) is 17.7. The summed E-state index contributed by atoms with van der Waals surface area (Å²) in [6.45, 7) is 8.72. The van der Waals surface area contributed by atoms with Crippen LogP contribution < -0.4 is 10.1 Å². The molecular formula is C19H22N2O2S. The summed E-state index contributed by atoms with van der Waals surface area (Å²) in [5.74, 6) is 0.666. The summed E-state index contributed by atoms with van der Waals surface area (Å²) in [5, 5.41) is 14.9. The van der Waals surface area contributed by atoms with E-state index in [9.17, 15) is 10.1 Å². The molecule has 0 fully saturated rings. The normalized spacial score (nSPS) is 11.0. The molecule has 0 aliphatic rings. The van der Waals surface area contributed by atoms with Gasteiger partial charge in [0.1, 0.15) is 16.8 Å². The molecule has 2 aromatic rings. The number of rotatable bonds is 5. The Labute approximate surface area is 147 Å². The molecule has 2 rings (SSSR count). The van der Waals surface area contributed by atoms with Gasteiger partial charge < -0.3 is 10.1 Å². The Morgan fingerprint density at radius 1 is 1.29 bits per heavy atom. The third-order valence-electron chi connectivity index (χ3n) is 3.56. The van der Waals surface area contributed by atoms with E-state index < -0.39 is 0 Å². The molecule has 1 amide bonds. The van der Waals surface area contributed by atoms with Gasteiger partial charge in [-0.15, -0.1) is 11.3 Å². The largest absolute Gasteiger partial charge is 0.494 e. The monoisotopic (exact) mass is 342 g/mol. The summed E-state index contributed by atoms with van der Waals surface area (Å²) in [7, 11) is 0. The molecule has 5 heteroatoms. The lowest BCUT2D eigenvalue weighted by Crippen LogP contribution is -2.16. The Balaban J connectivity index is 2.08. The molecule has 1 aromatic carbocycles. The summed E-state index contributed by atoms with van der Waals surface area (Å²) >= 11 is 1.40. The minimum Gasteiger partial charge on any atom is -0.494 e. The van der Waals surface area contributed by atoms with Crippen molar-refractivity contribution in [2.75, 3.05) is 11.9 Å². The van der Waals surface area contributed by atoms with Crippen LogP contribution in [0.1, 0.15) is 44.4 Å². The van der Waals surface area contributed by atoms with Crippen LogP contribution in [0.2, 0.25) is 0 Å². The molecule has 1 N–H and O–H groups in total. The van der Waals surface area contributed by atoms with E-state index in [4.69, 9.17) is 4.74 Å². The van der Waals surface area contributed by atoms with Crippen molar-refractivity contribution in [2.24, 2.45) is 0 Å². The summed E-state index contributed by atoms with van der Waals surface area (Å²) in [6.07, 6.45) is 0.264. The van der Waals surface area contributed by atoms with Crippen LogP contribution in [0.25, 0.3) is 0 Å². The second-order valence-corrected chi connectivity index (χ2v) is 7.40. The average molecular weight is 342 g/mol. The molecular weight excluding hydrogens is 320 g/mol. The maximum atomic E-state index is 12.3. The van der Waals surface area contributed by atoms with E-state index in [1.54, 1.807) is 0 Å². The maximum Gasteiger partial charge on any atom is 0.229 e. The molecule has 126 valence electrons. The van der Waals surface area contributed by atoms with Crippen molar-refractivity contribution in [3.8, 4) is 11.8 Å². The van der Waals surface area contributed by atoms with Gasteiger partial charge in [0, 0.05) is 0 Å². The molecule has 1 aromatic heterocycles. The first-order valence-corrected chi connectivity index (χ1v) is 8.76. The van der Waals surface area contributed by atoms with Gasteiger partial charge in [0.05, 0.1) is 18.6 Å². The highest BCUT2D eigenvalue weighted by atomic mass is 32.1. The number of hydrogen-bond acceptors (Lipinski definition) is 4. The number of thiophene rings is 1. The quantitative estimate of drug-likeness (QED) is 0.870. The lowest BCUT2D eigenvalue weighted by molar-refractivity contribution is -0.115. The first-order valence-electron chi connectivity index (χ1n) is 7.88. The molecule has 0 saturated heterocycles. The Hall–Kier alpha value is -2.32. The molecule has 0 aliphatic carbocycles. The Morgan fingerprint density at radius 3 is 2.50 bits per heavy atom. The van der Waals surface area contributed by atoms with Crippen molar-refractivity contribution in [2.45, 2.75) is 39.5 Å². The first kappa shape index (κ1) is 18.0. The Bertz CT molecular complexity index is 749. The van der Waals surface area contributed by atoms with E-state index >= 15 is 0 Å². The van der Waals surface area contributed by atoms with E-state index in [2.05, 4.69) is 32.2 Å². The van der Waals surface area contributed by atoms with Gasteiger partial charge in [-0.1, -0.05) is 32.9 Å². The van der Waals surface area contributed by atoms with Crippen molar-refractivity contribution < 1.29 is 9.53 Å². The number of nitrogens with one attached hydrogen (secondary N) is 1. The van der Waals surface area contributed by atoms with E-state index in [0.717, 1.165) is 16.9 Å². The number of carbonyl (C=O) groups is 1. The molecule has 24 heavy (non-hydrogen) atoms. The van der Waals surface area contributed by atoms with E-state index in [1.165, 1.54) is 11.3 Å². The molecule has 1 heterocycles. The maximum absolute atomic E-state index is 12.3. The van der Waals surface area contributed by atoms with Crippen molar-refractivity contribution in [1.82, 2.24) is 0 Å². The lowest BCUT2D eigenvalue weighted by Gasteiger charge is -2.17. The molecule has 0 bridgehead atoms. The van der Waals surface area contributed by atoms with Crippen LogP contribution in [0.3, 0.4) is 0 Å². The zero-order valence-electron chi connectivity index (χ0n) is 14.5. The van der Waals surface area contributed by atoms with Crippen LogP contribution in [0, 0.1) is 11.3 Å². The van der Waals surface area contributed by atoms with Crippen LogP contribution in [-0.4, -0.2) is 12.5 Å². The Morgan fingerprint density at radius 2 is 1.96 bits per heavy atom. The summed E-state index contributed by atoms with van der Waals surface area (Å²) in [4.78, 5) is 12.3. The van der Waals surface area contributed by atoms with Gasteiger partial charge in [0.15, 0.2) is 0 Å². The van der Waals surface area contributed by atoms with Crippen LogP contribution in [0.15, 0.2) is 29.6 Å². The number of carbonyl (C=O) groups excluding carboxylic acids is 1. The van der Waals surface area contributed by atoms with Gasteiger partial charge in [-0.2, -0.15) is 5.26 Å². The van der Waals surface area contributed by atoms with Crippen LogP contribution >= 0.6 is 11.3 Å². The third kappa shape index (κ3) is 4.36. The van der Waals surface area contributed by atoms with Crippen LogP contribution in [0.5, 0.6) is 5.75 Å². The van der Waals surface area contributed by atoms with Gasteiger partial charge in [-0.25, -0.2) is 0 Å². The Kier molecular flexibility index (Phi) is 5.63. The second kappa shape index (κ2) is 7.50. The molecule has 0 atom stereocenters. The number of nitrogens with zero attached hydrogens (tertiary/aromatic N) is 1. The summed E-state index contributed by atoms with van der Waals surface area (Å²) < 4.78 is 5.39. The molecule has 0 aliphatic heterocycles. The predicted octanol–water partition coefficient (Wildman–Crippen LogP) is 4.50. The fourth-order valence-corrected chi connectivity index (χ4v) is 3.49. The highest BCUT2D eigenvalue weighted by molar-refractivity contribution is 7.14. The van der Waals surface area contributed by atoms with Gasteiger partial charge in [-0.05, 0) is 41.0 Å². The van der Waals surface area contributed by atoms with Crippen molar-refractivity contribution >= 4 is 22.2 Å². The lowest BCUT2D eigenvalue weighted by atomic mass is 9.86. The molecule has 0 radical (unpaired) electrons. The molecule has 0 saturated carbocycles. The number of hydrogen-bond donors (Lipinski definition) is 1. The molecule has 4 nitrogen and oxygen atoms in total. The van der Waals surface area contributed by atoms with E-state index in [1.807, 2.05) is 36.6 Å². The van der Waals surface area contributed by atoms with Gasteiger partial charge in [-0.3, -0.25) is 4.79 Å². The number of ether oxygens (including phenoxy) is 1. The smallest absolute Gasteiger partial charge is 0.229 e. The van der Waals surface area contributed by atoms with Crippen molar-refractivity contribution in [1.29, 1.82) is 5.26 Å². The predicted molar refractivity (Wildman–Crippen MR) is 97.7 cm³/mol. The van der Waals surface area contributed by atoms with Crippen LogP contribution in [-0.2, 0) is 16.6 Å². The van der Waals surface area contributed by atoms with Gasteiger partial charge in [0.2, 0.25) is 5.91 Å². The number of anilines is 1. The number of amides is 1. The second-order valence-electron chi connectivity index (χ2n) is 6.52. The van der Waals surface area contributed by atoms with Gasteiger partial charge in [0.25, 0.3) is 0 Å².